The molecule has 1 aromatic carbocycles. The highest BCUT2D eigenvalue weighted by molar-refractivity contribution is 5.92. The van der Waals surface area contributed by atoms with Gasteiger partial charge in [0.15, 0.2) is 0 Å². The van der Waals surface area contributed by atoms with Crippen molar-refractivity contribution >= 4 is 5.91 Å². The second-order valence-corrected chi connectivity index (χ2v) is 7.62. The number of likely N-dealkylation sites (tertiary alicyclic amines) is 1. The zero-order chi connectivity index (χ0) is 17.1. The second kappa shape index (κ2) is 5.11. The maximum atomic E-state index is 13.4. The van der Waals surface area contributed by atoms with Crippen LogP contribution in [0.3, 0.4) is 0 Å². The summed E-state index contributed by atoms with van der Waals surface area (Å²) in [7, 11) is 0. The van der Waals surface area contributed by atoms with Crippen LogP contribution in [-0.4, -0.2) is 54.7 Å². The summed E-state index contributed by atoms with van der Waals surface area (Å²) in [5, 5.41) is 24.6. The number of amides is 1. The van der Waals surface area contributed by atoms with Crippen molar-refractivity contribution in [1.82, 2.24) is 25.5 Å². The van der Waals surface area contributed by atoms with Gasteiger partial charge in [0.1, 0.15) is 0 Å². The summed E-state index contributed by atoms with van der Waals surface area (Å²) in [5.41, 5.74) is 1.16. The van der Waals surface area contributed by atoms with Crippen molar-refractivity contribution < 1.29 is 9.90 Å². The van der Waals surface area contributed by atoms with E-state index >= 15 is 0 Å². The summed E-state index contributed by atoms with van der Waals surface area (Å²) < 4.78 is 0. The van der Waals surface area contributed by atoms with E-state index < -0.39 is 5.41 Å². The number of aromatic nitrogens is 4. The SMILES string of the molecule is O=C(N1CCC(O)C12CCC2)C1(c2cccc(-c3nn[nH]n3)c2)CC1. The monoisotopic (exact) mass is 339 g/mol. The number of aliphatic hydroxyl groups excluding tert-OH is 1. The third-order valence-corrected chi connectivity index (χ3v) is 6.43. The Morgan fingerprint density at radius 2 is 2.12 bits per heavy atom. The Morgan fingerprint density at radius 1 is 1.28 bits per heavy atom. The van der Waals surface area contributed by atoms with Crippen LogP contribution in [0.4, 0.5) is 0 Å². The average molecular weight is 339 g/mol. The number of carbonyl (C=O) groups excluding carboxylic acids is 1. The lowest BCUT2D eigenvalue weighted by Gasteiger charge is -2.48. The number of nitrogens with one attached hydrogen (secondary N) is 1. The van der Waals surface area contributed by atoms with E-state index in [1.54, 1.807) is 0 Å². The van der Waals surface area contributed by atoms with E-state index in [1.807, 2.05) is 29.2 Å². The molecule has 2 aromatic rings. The van der Waals surface area contributed by atoms with Crippen LogP contribution < -0.4 is 0 Å². The number of nitrogens with zero attached hydrogens (tertiary/aromatic N) is 4. The number of hydrogen-bond donors (Lipinski definition) is 2. The fourth-order valence-electron chi connectivity index (χ4n) is 4.62. The van der Waals surface area contributed by atoms with Gasteiger partial charge in [0.2, 0.25) is 11.7 Å². The quantitative estimate of drug-likeness (QED) is 0.882. The van der Waals surface area contributed by atoms with Crippen LogP contribution in [0.5, 0.6) is 0 Å². The van der Waals surface area contributed by atoms with Gasteiger partial charge in [-0.25, -0.2) is 0 Å². The van der Waals surface area contributed by atoms with E-state index in [-0.39, 0.29) is 17.6 Å². The van der Waals surface area contributed by atoms with Gasteiger partial charge < -0.3 is 10.0 Å². The molecule has 25 heavy (non-hydrogen) atoms. The summed E-state index contributed by atoms with van der Waals surface area (Å²) in [4.78, 5) is 15.4. The lowest BCUT2D eigenvalue weighted by atomic mass is 9.72. The fraction of sp³-hybridized carbons (Fsp3) is 0.556. The van der Waals surface area contributed by atoms with Crippen LogP contribution in [0.25, 0.3) is 11.4 Å². The number of H-pyrrole nitrogens is 1. The minimum absolute atomic E-state index is 0.189. The molecule has 5 rings (SSSR count). The molecule has 7 nitrogen and oxygen atoms in total. The van der Waals surface area contributed by atoms with Crippen molar-refractivity contribution in [2.45, 2.75) is 55.6 Å². The van der Waals surface area contributed by atoms with E-state index in [4.69, 9.17) is 0 Å². The Bertz CT molecular complexity index is 811. The summed E-state index contributed by atoms with van der Waals surface area (Å²) in [6.07, 6.45) is 5.02. The molecule has 3 aliphatic rings. The van der Waals surface area contributed by atoms with Crippen LogP contribution in [0.2, 0.25) is 0 Å². The third-order valence-electron chi connectivity index (χ3n) is 6.43. The Balaban J connectivity index is 1.48. The van der Waals surface area contributed by atoms with Crippen LogP contribution in [0.1, 0.15) is 44.1 Å². The predicted molar refractivity (Wildman–Crippen MR) is 89.4 cm³/mol. The molecule has 0 bridgehead atoms. The van der Waals surface area contributed by atoms with Gasteiger partial charge in [-0.1, -0.05) is 18.2 Å². The van der Waals surface area contributed by atoms with Crippen molar-refractivity contribution in [3.8, 4) is 11.4 Å². The molecule has 2 heterocycles. The molecule has 1 unspecified atom stereocenters. The van der Waals surface area contributed by atoms with Gasteiger partial charge in [-0.05, 0) is 55.4 Å². The van der Waals surface area contributed by atoms with E-state index in [1.165, 1.54) is 0 Å². The minimum Gasteiger partial charge on any atom is -0.391 e. The van der Waals surface area contributed by atoms with Gasteiger partial charge >= 0.3 is 0 Å². The third kappa shape index (κ3) is 2.02. The lowest BCUT2D eigenvalue weighted by Crippen LogP contribution is -2.59. The molecule has 3 fully saturated rings. The Morgan fingerprint density at radius 3 is 2.76 bits per heavy atom. The van der Waals surface area contributed by atoms with Crippen molar-refractivity contribution in [3.05, 3.63) is 29.8 Å². The van der Waals surface area contributed by atoms with Gasteiger partial charge in [-0.2, -0.15) is 5.21 Å². The smallest absolute Gasteiger partial charge is 0.233 e. The molecular formula is C18H21N5O2. The molecule has 1 aromatic heterocycles. The lowest BCUT2D eigenvalue weighted by molar-refractivity contribution is -0.145. The van der Waals surface area contributed by atoms with Crippen LogP contribution in [0, 0.1) is 0 Å². The summed E-state index contributed by atoms with van der Waals surface area (Å²) >= 11 is 0. The molecule has 1 saturated heterocycles. The van der Waals surface area contributed by atoms with E-state index in [9.17, 15) is 9.90 Å². The summed E-state index contributed by atoms with van der Waals surface area (Å²) in [5.74, 6) is 0.728. The van der Waals surface area contributed by atoms with Crippen molar-refractivity contribution in [2.24, 2.45) is 0 Å². The number of aromatic amines is 1. The van der Waals surface area contributed by atoms with Crippen LogP contribution >= 0.6 is 0 Å². The zero-order valence-electron chi connectivity index (χ0n) is 14.0. The standard InChI is InChI=1S/C18H21N5O2/c24-14-5-10-23(18(14)6-2-7-18)16(25)17(8-9-17)13-4-1-3-12(11-13)15-19-21-22-20-15/h1,3-4,11,14,24H,2,5-10H2,(H,19,20,21,22). The summed E-state index contributed by atoms with van der Waals surface area (Å²) in [6, 6.07) is 7.92. The average Bonchev–Trinajstić information content (AvgIpc) is 3.06. The normalized spacial score (nSPS) is 25.8. The summed E-state index contributed by atoms with van der Waals surface area (Å²) in [6.45, 7) is 0.673. The molecule has 1 spiro atoms. The molecule has 1 amide bonds. The van der Waals surface area contributed by atoms with Gasteiger partial charge in [-0.3, -0.25) is 4.79 Å². The maximum Gasteiger partial charge on any atom is 0.233 e. The van der Waals surface area contributed by atoms with Gasteiger partial charge in [0.25, 0.3) is 0 Å². The number of carbonyl (C=O) groups is 1. The van der Waals surface area contributed by atoms with Crippen LogP contribution in [0.15, 0.2) is 24.3 Å². The predicted octanol–water partition coefficient (Wildman–Crippen LogP) is 1.41. The highest BCUT2D eigenvalue weighted by Crippen LogP contribution is 2.54. The molecular weight excluding hydrogens is 318 g/mol. The molecule has 2 saturated carbocycles. The van der Waals surface area contributed by atoms with E-state index in [0.717, 1.165) is 43.2 Å². The molecule has 2 aliphatic carbocycles. The number of aliphatic hydroxyl groups is 1. The van der Waals surface area contributed by atoms with Gasteiger partial charge in [-0.15, -0.1) is 10.2 Å². The highest BCUT2D eigenvalue weighted by atomic mass is 16.3. The molecule has 0 radical (unpaired) electrons. The van der Waals surface area contributed by atoms with E-state index in [0.29, 0.717) is 18.8 Å². The Kier molecular flexibility index (Phi) is 3.07. The number of rotatable bonds is 3. The Hall–Kier alpha value is -2.28. The van der Waals surface area contributed by atoms with Crippen molar-refractivity contribution in [2.75, 3.05) is 6.54 Å². The first-order valence-corrected chi connectivity index (χ1v) is 9.00. The largest absolute Gasteiger partial charge is 0.391 e. The van der Waals surface area contributed by atoms with Gasteiger partial charge in [0.05, 0.1) is 17.1 Å². The van der Waals surface area contributed by atoms with Crippen molar-refractivity contribution in [3.63, 3.8) is 0 Å². The minimum atomic E-state index is -0.438. The van der Waals surface area contributed by atoms with Gasteiger partial charge in [0, 0.05) is 12.1 Å². The first-order valence-electron chi connectivity index (χ1n) is 9.00. The number of tetrazole rings is 1. The topological polar surface area (TPSA) is 95.0 Å². The fourth-order valence-corrected chi connectivity index (χ4v) is 4.62. The second-order valence-electron chi connectivity index (χ2n) is 7.62. The first-order chi connectivity index (χ1) is 12.2. The van der Waals surface area contributed by atoms with E-state index in [2.05, 4.69) is 20.6 Å². The molecule has 2 N–H and O–H groups in total. The molecule has 130 valence electrons. The molecule has 7 heteroatoms. The van der Waals surface area contributed by atoms with Crippen LogP contribution in [-0.2, 0) is 10.2 Å². The van der Waals surface area contributed by atoms with Crippen molar-refractivity contribution in [1.29, 1.82) is 0 Å². The Labute approximate surface area is 145 Å². The highest BCUT2D eigenvalue weighted by Gasteiger charge is 2.61. The molecule has 1 aliphatic heterocycles. The zero-order valence-corrected chi connectivity index (χ0v) is 14.0. The number of benzene rings is 1. The first kappa shape index (κ1) is 15.0. The number of hydrogen-bond acceptors (Lipinski definition) is 5. The molecule has 1 atom stereocenters. The maximum absolute atomic E-state index is 13.4.